The molecule has 0 aliphatic heterocycles. The van der Waals surface area contributed by atoms with Crippen LogP contribution in [0.4, 0.5) is 0 Å². The minimum Gasteiger partial charge on any atom is -0.343 e. The van der Waals surface area contributed by atoms with Crippen molar-refractivity contribution in [3.8, 4) is 11.5 Å². The zero-order valence-electron chi connectivity index (χ0n) is 10.7. The van der Waals surface area contributed by atoms with E-state index >= 15 is 0 Å². The highest BCUT2D eigenvalue weighted by molar-refractivity contribution is 7.98. The largest absolute Gasteiger partial charge is 0.343 e. The fourth-order valence-corrected chi connectivity index (χ4v) is 2.43. The maximum atomic E-state index is 4.70. The molecule has 0 atom stereocenters. The Balaban J connectivity index is 1.83. The van der Waals surface area contributed by atoms with Gasteiger partial charge in [0.1, 0.15) is 10.7 Å². The van der Waals surface area contributed by atoms with Gasteiger partial charge in [0.2, 0.25) is 6.39 Å². The van der Waals surface area contributed by atoms with Crippen molar-refractivity contribution in [3.05, 3.63) is 48.4 Å². The molecule has 3 heterocycles. The van der Waals surface area contributed by atoms with Crippen molar-refractivity contribution in [2.75, 3.05) is 0 Å². The molecular formula is C13H11N5OS. The molecule has 0 spiro atoms. The first-order valence-corrected chi connectivity index (χ1v) is 6.95. The van der Waals surface area contributed by atoms with Gasteiger partial charge in [-0.1, -0.05) is 23.0 Å². The van der Waals surface area contributed by atoms with E-state index in [0.717, 1.165) is 16.4 Å². The van der Waals surface area contributed by atoms with Crippen LogP contribution in [0.2, 0.25) is 0 Å². The number of hydrogen-bond acceptors (Lipinski definition) is 7. The Labute approximate surface area is 119 Å². The molecule has 0 radical (unpaired) electrons. The number of hydrogen-bond donors (Lipinski definition) is 0. The minimum atomic E-state index is 0.606. The molecule has 7 heteroatoms. The second kappa shape index (κ2) is 5.79. The molecule has 20 heavy (non-hydrogen) atoms. The van der Waals surface area contributed by atoms with Crippen molar-refractivity contribution >= 4 is 11.8 Å². The molecular weight excluding hydrogens is 274 g/mol. The topological polar surface area (TPSA) is 77.6 Å². The number of nitrogens with zero attached hydrogens (tertiary/aromatic N) is 5. The van der Waals surface area contributed by atoms with Crippen LogP contribution < -0.4 is 0 Å². The summed E-state index contributed by atoms with van der Waals surface area (Å²) in [6.07, 6.45) is 3.05. The summed E-state index contributed by atoms with van der Waals surface area (Å²) in [5.74, 6) is 1.88. The average molecular weight is 285 g/mol. The van der Waals surface area contributed by atoms with Crippen molar-refractivity contribution in [2.45, 2.75) is 17.7 Å². The van der Waals surface area contributed by atoms with E-state index in [1.165, 1.54) is 18.2 Å². The summed E-state index contributed by atoms with van der Waals surface area (Å²) in [5.41, 5.74) is 1.66. The molecule has 0 bridgehead atoms. The number of thioether (sulfide) groups is 1. The highest BCUT2D eigenvalue weighted by Crippen LogP contribution is 2.22. The first-order chi connectivity index (χ1) is 9.81. The van der Waals surface area contributed by atoms with Gasteiger partial charge in [-0.3, -0.25) is 4.98 Å². The second-order valence-electron chi connectivity index (χ2n) is 4.02. The smallest absolute Gasteiger partial charge is 0.213 e. The molecule has 3 rings (SSSR count). The Morgan fingerprint density at radius 2 is 2.15 bits per heavy atom. The molecule has 3 aromatic rings. The number of pyridine rings is 1. The van der Waals surface area contributed by atoms with Crippen molar-refractivity contribution < 1.29 is 4.52 Å². The summed E-state index contributed by atoms with van der Waals surface area (Å²) in [6.45, 7) is 1.94. The van der Waals surface area contributed by atoms with Crippen molar-refractivity contribution in [2.24, 2.45) is 0 Å². The lowest BCUT2D eigenvalue weighted by molar-refractivity contribution is 0.412. The van der Waals surface area contributed by atoms with Crippen molar-refractivity contribution in [1.82, 2.24) is 25.1 Å². The standard InChI is InChI=1S/C13H11N5OS/c1-9-6-12(20-7-11-15-8-19-18-11)17-13(16-9)10-4-2-3-5-14-10/h2-6,8H,7H2,1H3. The quantitative estimate of drug-likeness (QED) is 0.538. The van der Waals surface area contributed by atoms with Gasteiger partial charge in [-0.05, 0) is 25.1 Å². The van der Waals surface area contributed by atoms with Crippen LogP contribution in [0.1, 0.15) is 11.5 Å². The summed E-state index contributed by atoms with van der Waals surface area (Å²) in [6, 6.07) is 7.60. The maximum Gasteiger partial charge on any atom is 0.213 e. The monoisotopic (exact) mass is 285 g/mol. The van der Waals surface area contributed by atoms with Crippen molar-refractivity contribution in [3.63, 3.8) is 0 Å². The van der Waals surface area contributed by atoms with Crippen LogP contribution in [0.25, 0.3) is 11.5 Å². The van der Waals surface area contributed by atoms with Gasteiger partial charge in [-0.15, -0.1) is 0 Å². The third-order valence-electron chi connectivity index (χ3n) is 2.48. The predicted molar refractivity (Wildman–Crippen MR) is 73.9 cm³/mol. The summed E-state index contributed by atoms with van der Waals surface area (Å²) >= 11 is 1.54. The summed E-state index contributed by atoms with van der Waals surface area (Å²) in [5, 5.41) is 4.64. The van der Waals surface area contributed by atoms with Gasteiger partial charge >= 0.3 is 0 Å². The molecule has 100 valence electrons. The Bertz CT molecular complexity index is 687. The van der Waals surface area contributed by atoms with E-state index in [2.05, 4.69) is 25.1 Å². The van der Waals surface area contributed by atoms with E-state index < -0.39 is 0 Å². The van der Waals surface area contributed by atoms with Gasteiger partial charge in [0.15, 0.2) is 11.6 Å². The van der Waals surface area contributed by atoms with Crippen LogP contribution in [0, 0.1) is 6.92 Å². The third-order valence-corrected chi connectivity index (χ3v) is 3.39. The van der Waals surface area contributed by atoms with E-state index in [0.29, 0.717) is 17.4 Å². The van der Waals surface area contributed by atoms with Gasteiger partial charge in [0.05, 0.1) is 5.75 Å². The molecule has 6 nitrogen and oxygen atoms in total. The molecule has 0 saturated carbocycles. The number of aromatic nitrogens is 5. The maximum absolute atomic E-state index is 4.70. The highest BCUT2D eigenvalue weighted by Gasteiger charge is 2.07. The lowest BCUT2D eigenvalue weighted by Gasteiger charge is -2.04. The highest BCUT2D eigenvalue weighted by atomic mass is 32.2. The van der Waals surface area contributed by atoms with E-state index in [1.54, 1.807) is 6.20 Å². The summed E-state index contributed by atoms with van der Waals surface area (Å²) in [7, 11) is 0. The van der Waals surface area contributed by atoms with Crippen LogP contribution in [-0.4, -0.2) is 25.1 Å². The Hall–Kier alpha value is -2.28. The van der Waals surface area contributed by atoms with E-state index in [4.69, 9.17) is 4.52 Å². The third kappa shape index (κ3) is 3.00. The average Bonchev–Trinajstić information content (AvgIpc) is 2.99. The molecule has 3 aromatic heterocycles. The molecule has 0 fully saturated rings. The SMILES string of the molecule is Cc1cc(SCc2ncon2)nc(-c2ccccn2)n1. The first kappa shape index (κ1) is 12.7. The number of rotatable bonds is 4. The predicted octanol–water partition coefficient (Wildman–Crippen LogP) is 2.52. The lowest BCUT2D eigenvalue weighted by atomic mass is 10.3. The Kier molecular flexibility index (Phi) is 3.69. The van der Waals surface area contributed by atoms with Crippen LogP contribution in [-0.2, 0) is 5.75 Å². The fraction of sp³-hybridized carbons (Fsp3) is 0.154. The first-order valence-electron chi connectivity index (χ1n) is 5.96. The molecule has 0 aliphatic rings. The Morgan fingerprint density at radius 3 is 2.90 bits per heavy atom. The van der Waals surface area contributed by atoms with Gasteiger partial charge in [0, 0.05) is 11.9 Å². The molecule has 0 N–H and O–H groups in total. The van der Waals surface area contributed by atoms with Crippen LogP contribution in [0.3, 0.4) is 0 Å². The summed E-state index contributed by atoms with van der Waals surface area (Å²) in [4.78, 5) is 17.2. The Morgan fingerprint density at radius 1 is 1.20 bits per heavy atom. The van der Waals surface area contributed by atoms with Gasteiger partial charge in [-0.25, -0.2) is 9.97 Å². The second-order valence-corrected chi connectivity index (χ2v) is 5.02. The molecule has 0 aromatic carbocycles. The lowest BCUT2D eigenvalue weighted by Crippen LogP contribution is -1.96. The summed E-state index contributed by atoms with van der Waals surface area (Å²) < 4.78 is 4.70. The van der Waals surface area contributed by atoms with Crippen molar-refractivity contribution in [1.29, 1.82) is 0 Å². The zero-order chi connectivity index (χ0) is 13.8. The van der Waals surface area contributed by atoms with Crippen LogP contribution in [0.15, 0.2) is 46.4 Å². The van der Waals surface area contributed by atoms with E-state index in [-0.39, 0.29) is 0 Å². The number of aryl methyl sites for hydroxylation is 1. The molecule has 0 unspecified atom stereocenters. The van der Waals surface area contributed by atoms with E-state index in [1.807, 2.05) is 31.2 Å². The van der Waals surface area contributed by atoms with Crippen LogP contribution >= 0.6 is 11.8 Å². The molecule has 0 aliphatic carbocycles. The van der Waals surface area contributed by atoms with E-state index in [9.17, 15) is 0 Å². The fourth-order valence-electron chi connectivity index (χ4n) is 1.62. The van der Waals surface area contributed by atoms with Crippen LogP contribution in [0.5, 0.6) is 0 Å². The normalized spacial score (nSPS) is 10.7. The van der Waals surface area contributed by atoms with Gasteiger partial charge in [0.25, 0.3) is 0 Å². The molecule has 0 amide bonds. The molecule has 0 saturated heterocycles. The van der Waals surface area contributed by atoms with Gasteiger partial charge in [-0.2, -0.15) is 4.98 Å². The zero-order valence-corrected chi connectivity index (χ0v) is 11.5. The van der Waals surface area contributed by atoms with Gasteiger partial charge < -0.3 is 4.52 Å². The minimum absolute atomic E-state index is 0.606.